The molecule has 0 radical (unpaired) electrons. The Bertz CT molecular complexity index is 1080. The van der Waals surface area contributed by atoms with Gasteiger partial charge in [-0.25, -0.2) is 13.2 Å². The molecule has 0 aromatic heterocycles. The highest BCUT2D eigenvalue weighted by atomic mass is 35.5. The number of benzene rings is 2. The van der Waals surface area contributed by atoms with Crippen molar-refractivity contribution in [1.29, 1.82) is 5.26 Å². The topological polar surface area (TPSA) is 56.1 Å². The van der Waals surface area contributed by atoms with Crippen LogP contribution >= 0.6 is 11.6 Å². The van der Waals surface area contributed by atoms with Crippen LogP contribution in [-0.2, 0) is 6.18 Å². The maximum atomic E-state index is 13.8. The summed E-state index contributed by atoms with van der Waals surface area (Å²) in [5.74, 6) is -4.66. The number of nitriles is 1. The fourth-order valence-electron chi connectivity index (χ4n) is 3.41. The van der Waals surface area contributed by atoms with Crippen LogP contribution in [0.1, 0.15) is 40.7 Å². The third kappa shape index (κ3) is 5.27. The van der Waals surface area contributed by atoms with Gasteiger partial charge in [0.15, 0.2) is 0 Å². The van der Waals surface area contributed by atoms with Gasteiger partial charge < -0.3 is 10.2 Å². The number of hydrogen-bond acceptors (Lipinski definition) is 3. The van der Waals surface area contributed by atoms with Gasteiger partial charge in [0.05, 0.1) is 27.4 Å². The van der Waals surface area contributed by atoms with Gasteiger partial charge in [-0.3, -0.25) is 4.79 Å². The average Bonchev–Trinajstić information content (AvgIpc) is 2.88. The summed E-state index contributed by atoms with van der Waals surface area (Å²) < 4.78 is 81.3. The molecule has 0 unspecified atom stereocenters. The fourth-order valence-corrected chi connectivity index (χ4v) is 3.69. The van der Waals surface area contributed by atoms with Gasteiger partial charge in [0.1, 0.15) is 11.9 Å². The summed E-state index contributed by atoms with van der Waals surface area (Å²) >= 11 is 5.79. The molecule has 1 aliphatic rings. The Labute approximate surface area is 184 Å². The summed E-state index contributed by atoms with van der Waals surface area (Å²) in [5, 5.41) is 10.6. The summed E-state index contributed by atoms with van der Waals surface area (Å²) in [6.45, 7) is -0.245. The van der Waals surface area contributed by atoms with Gasteiger partial charge in [0.2, 0.25) is 5.92 Å². The van der Waals surface area contributed by atoms with Crippen LogP contribution in [-0.4, -0.2) is 24.9 Å². The van der Waals surface area contributed by atoms with Gasteiger partial charge in [0.25, 0.3) is 5.91 Å². The first-order valence-electron chi connectivity index (χ1n) is 9.46. The molecule has 1 N–H and O–H groups in total. The Morgan fingerprint density at radius 2 is 1.88 bits per heavy atom. The zero-order chi connectivity index (χ0) is 23.7. The van der Waals surface area contributed by atoms with Crippen molar-refractivity contribution in [1.82, 2.24) is 0 Å². The number of carbonyl (C=O) groups excluding carboxylic acids is 1. The minimum absolute atomic E-state index is 0.0154. The molecule has 1 heterocycles. The standard InChI is InChI=1S/C21H16ClF6N3O/c22-16-9-14(19(32)30-13-2-3-17(23)12(8-13)11-29)18(10-15(16)21(26,27)28)31-6-1-4-20(24,25)5-7-31/h2-3,8-10H,1,4-7H2,(H,30,32). The third-order valence-electron chi connectivity index (χ3n) is 5.04. The van der Waals surface area contributed by atoms with Crippen molar-refractivity contribution < 1.29 is 31.1 Å². The van der Waals surface area contributed by atoms with Crippen LogP contribution in [0.3, 0.4) is 0 Å². The van der Waals surface area contributed by atoms with E-state index in [1.54, 1.807) is 6.07 Å². The van der Waals surface area contributed by atoms with Crippen LogP contribution in [0.25, 0.3) is 0 Å². The van der Waals surface area contributed by atoms with Gasteiger partial charge in [-0.2, -0.15) is 18.4 Å². The first kappa shape index (κ1) is 23.7. The Kier molecular flexibility index (Phi) is 6.60. The molecule has 0 aliphatic carbocycles. The van der Waals surface area contributed by atoms with E-state index in [0.717, 1.165) is 18.2 Å². The zero-order valence-electron chi connectivity index (χ0n) is 16.4. The van der Waals surface area contributed by atoms with Crippen LogP contribution < -0.4 is 10.2 Å². The second-order valence-electron chi connectivity index (χ2n) is 7.30. The molecular formula is C21H16ClF6N3O. The van der Waals surface area contributed by atoms with Crippen LogP contribution in [0.5, 0.6) is 0 Å². The van der Waals surface area contributed by atoms with Crippen molar-refractivity contribution in [3.8, 4) is 6.07 Å². The quantitative estimate of drug-likeness (QED) is 0.534. The van der Waals surface area contributed by atoms with Crippen LogP contribution in [0.4, 0.5) is 37.7 Å². The van der Waals surface area contributed by atoms with E-state index in [0.29, 0.717) is 6.07 Å². The van der Waals surface area contributed by atoms with E-state index in [-0.39, 0.29) is 42.0 Å². The van der Waals surface area contributed by atoms with Crippen molar-refractivity contribution >= 4 is 28.9 Å². The Hall–Kier alpha value is -2.93. The molecule has 0 bridgehead atoms. The molecular weight excluding hydrogens is 460 g/mol. The average molecular weight is 476 g/mol. The number of anilines is 2. The minimum Gasteiger partial charge on any atom is -0.371 e. The number of carbonyl (C=O) groups is 1. The molecule has 0 saturated carbocycles. The molecule has 11 heteroatoms. The molecule has 1 aliphatic heterocycles. The predicted octanol–water partition coefficient (Wildman–Crippen LogP) is 6.25. The van der Waals surface area contributed by atoms with Gasteiger partial charge in [-0.05, 0) is 36.8 Å². The monoisotopic (exact) mass is 475 g/mol. The molecule has 170 valence electrons. The Morgan fingerprint density at radius 3 is 2.53 bits per heavy atom. The third-order valence-corrected chi connectivity index (χ3v) is 5.35. The lowest BCUT2D eigenvalue weighted by molar-refractivity contribution is -0.137. The molecule has 1 fully saturated rings. The highest BCUT2D eigenvalue weighted by molar-refractivity contribution is 6.32. The molecule has 32 heavy (non-hydrogen) atoms. The van der Waals surface area contributed by atoms with Crippen molar-refractivity contribution in [2.45, 2.75) is 31.4 Å². The minimum atomic E-state index is -4.82. The van der Waals surface area contributed by atoms with Gasteiger partial charge in [0, 0.05) is 31.6 Å². The SMILES string of the molecule is N#Cc1cc(NC(=O)c2cc(Cl)c(C(F)(F)F)cc2N2CCCC(F)(F)CC2)ccc1F. The largest absolute Gasteiger partial charge is 0.417 e. The highest BCUT2D eigenvalue weighted by Crippen LogP contribution is 2.40. The van der Waals surface area contributed by atoms with E-state index in [1.807, 2.05) is 0 Å². The summed E-state index contributed by atoms with van der Waals surface area (Å²) in [5.41, 5.74) is -1.98. The van der Waals surface area contributed by atoms with Crippen molar-refractivity contribution in [2.75, 3.05) is 23.3 Å². The van der Waals surface area contributed by atoms with E-state index in [1.165, 1.54) is 11.0 Å². The molecule has 3 rings (SSSR count). The zero-order valence-corrected chi connectivity index (χ0v) is 17.1. The van der Waals surface area contributed by atoms with Crippen molar-refractivity contribution in [3.63, 3.8) is 0 Å². The predicted molar refractivity (Wildman–Crippen MR) is 107 cm³/mol. The van der Waals surface area contributed by atoms with E-state index in [4.69, 9.17) is 16.9 Å². The number of hydrogen-bond donors (Lipinski definition) is 1. The van der Waals surface area contributed by atoms with E-state index >= 15 is 0 Å². The molecule has 0 spiro atoms. The van der Waals surface area contributed by atoms with Crippen LogP contribution in [0.2, 0.25) is 5.02 Å². The van der Waals surface area contributed by atoms with Crippen LogP contribution in [0, 0.1) is 17.1 Å². The normalized spacial score (nSPS) is 16.2. The van der Waals surface area contributed by atoms with E-state index in [2.05, 4.69) is 5.32 Å². The number of amides is 1. The highest BCUT2D eigenvalue weighted by Gasteiger charge is 2.37. The molecule has 1 amide bonds. The Balaban J connectivity index is 2.03. The van der Waals surface area contributed by atoms with E-state index < -0.39 is 47.3 Å². The molecule has 4 nitrogen and oxygen atoms in total. The van der Waals surface area contributed by atoms with Gasteiger partial charge in [-0.15, -0.1) is 0 Å². The molecule has 0 atom stereocenters. The lowest BCUT2D eigenvalue weighted by Gasteiger charge is -2.27. The van der Waals surface area contributed by atoms with Crippen molar-refractivity contribution in [3.05, 3.63) is 57.9 Å². The van der Waals surface area contributed by atoms with Gasteiger partial charge >= 0.3 is 6.18 Å². The first-order valence-corrected chi connectivity index (χ1v) is 9.83. The second kappa shape index (κ2) is 8.90. The fraction of sp³-hybridized carbons (Fsp3) is 0.333. The maximum Gasteiger partial charge on any atom is 0.417 e. The molecule has 1 saturated heterocycles. The lowest BCUT2D eigenvalue weighted by Crippen LogP contribution is -2.29. The summed E-state index contributed by atoms with van der Waals surface area (Å²) in [4.78, 5) is 14.2. The smallest absolute Gasteiger partial charge is 0.371 e. The second-order valence-corrected chi connectivity index (χ2v) is 7.71. The number of halogens is 7. The molecule has 2 aromatic rings. The first-order chi connectivity index (χ1) is 14.9. The summed E-state index contributed by atoms with van der Waals surface area (Å²) in [6, 6.07) is 6.29. The Morgan fingerprint density at radius 1 is 1.16 bits per heavy atom. The lowest BCUT2D eigenvalue weighted by atomic mass is 10.1. The van der Waals surface area contributed by atoms with Crippen molar-refractivity contribution in [2.24, 2.45) is 0 Å². The number of alkyl halides is 5. The van der Waals surface area contributed by atoms with Crippen LogP contribution in [0.15, 0.2) is 30.3 Å². The molecule has 2 aromatic carbocycles. The number of nitrogens with one attached hydrogen (secondary N) is 1. The maximum absolute atomic E-state index is 13.8. The summed E-state index contributed by atoms with van der Waals surface area (Å²) in [7, 11) is 0. The van der Waals surface area contributed by atoms with Gasteiger partial charge in [-0.1, -0.05) is 11.6 Å². The number of rotatable bonds is 3. The summed E-state index contributed by atoms with van der Waals surface area (Å²) in [6.07, 6.45) is -5.81. The number of nitrogens with zero attached hydrogens (tertiary/aromatic N) is 2. The van der Waals surface area contributed by atoms with E-state index in [9.17, 15) is 31.1 Å².